The van der Waals surface area contributed by atoms with Gasteiger partial charge in [0.05, 0.1) is 23.9 Å². The van der Waals surface area contributed by atoms with Gasteiger partial charge in [-0.25, -0.2) is 0 Å². The van der Waals surface area contributed by atoms with Gasteiger partial charge in [0, 0.05) is 30.9 Å². The van der Waals surface area contributed by atoms with Gasteiger partial charge in [-0.1, -0.05) is 23.7 Å². The standard InChI is InChI=1S/C23H30ClN3O3/c1-23(2,3)26-22(28)16-30-19-7-4-17(5-8-19)15-25-18-6-9-21(20(24)14-18)27-10-12-29-13-11-27/h4-9,14,25H,10-13,15-16H2,1-3H3,(H,26,28). The van der Waals surface area contributed by atoms with Crippen molar-refractivity contribution in [3.05, 3.63) is 53.1 Å². The van der Waals surface area contributed by atoms with Crippen molar-refractivity contribution in [2.24, 2.45) is 0 Å². The summed E-state index contributed by atoms with van der Waals surface area (Å²) < 4.78 is 11.0. The van der Waals surface area contributed by atoms with Crippen LogP contribution in [0.25, 0.3) is 0 Å². The molecule has 1 heterocycles. The first kappa shape index (κ1) is 22.2. The number of nitrogens with zero attached hydrogens (tertiary/aromatic N) is 1. The van der Waals surface area contributed by atoms with Crippen LogP contribution in [0.15, 0.2) is 42.5 Å². The van der Waals surface area contributed by atoms with Gasteiger partial charge >= 0.3 is 0 Å². The van der Waals surface area contributed by atoms with E-state index in [9.17, 15) is 4.79 Å². The normalized spacial score (nSPS) is 14.3. The number of halogens is 1. The molecule has 0 saturated carbocycles. The van der Waals surface area contributed by atoms with E-state index in [4.69, 9.17) is 21.1 Å². The van der Waals surface area contributed by atoms with Crippen LogP contribution in [0, 0.1) is 0 Å². The average Bonchev–Trinajstić information content (AvgIpc) is 2.71. The third kappa shape index (κ3) is 6.82. The van der Waals surface area contributed by atoms with E-state index < -0.39 is 0 Å². The molecule has 2 N–H and O–H groups in total. The van der Waals surface area contributed by atoms with Crippen LogP contribution in [0.2, 0.25) is 5.02 Å². The maximum atomic E-state index is 11.8. The van der Waals surface area contributed by atoms with Gasteiger partial charge in [-0.05, 0) is 56.7 Å². The quantitative estimate of drug-likeness (QED) is 0.691. The molecule has 1 aliphatic rings. The summed E-state index contributed by atoms with van der Waals surface area (Å²) in [5, 5.41) is 7.00. The Bertz CT molecular complexity index is 844. The average molecular weight is 432 g/mol. The van der Waals surface area contributed by atoms with Crippen molar-refractivity contribution >= 4 is 28.9 Å². The highest BCUT2D eigenvalue weighted by Crippen LogP contribution is 2.29. The number of carbonyl (C=O) groups excluding carboxylic acids is 1. The Morgan fingerprint density at radius 3 is 2.47 bits per heavy atom. The Labute approximate surface area is 183 Å². The molecule has 2 aromatic rings. The van der Waals surface area contributed by atoms with Crippen molar-refractivity contribution in [3.63, 3.8) is 0 Å². The number of ether oxygens (including phenoxy) is 2. The molecular formula is C23H30ClN3O3. The van der Waals surface area contributed by atoms with Gasteiger partial charge in [0.25, 0.3) is 5.91 Å². The number of hydrogen-bond acceptors (Lipinski definition) is 5. The van der Waals surface area contributed by atoms with Crippen LogP contribution >= 0.6 is 11.6 Å². The van der Waals surface area contributed by atoms with E-state index in [2.05, 4.69) is 21.6 Å². The summed E-state index contributed by atoms with van der Waals surface area (Å²) in [5.41, 5.74) is 2.85. The smallest absolute Gasteiger partial charge is 0.258 e. The number of morpholine rings is 1. The third-order valence-corrected chi connectivity index (χ3v) is 4.91. The molecule has 0 atom stereocenters. The predicted octanol–water partition coefficient (Wildman–Crippen LogP) is 4.08. The zero-order valence-electron chi connectivity index (χ0n) is 17.8. The molecule has 0 aromatic heterocycles. The first-order valence-corrected chi connectivity index (χ1v) is 10.6. The number of carbonyl (C=O) groups is 1. The Morgan fingerprint density at radius 2 is 1.83 bits per heavy atom. The SMILES string of the molecule is CC(C)(C)NC(=O)COc1ccc(CNc2ccc(N3CCOCC3)c(Cl)c2)cc1. The van der Waals surface area contributed by atoms with Gasteiger partial charge in [-0.15, -0.1) is 0 Å². The van der Waals surface area contributed by atoms with Crippen LogP contribution in [0.1, 0.15) is 26.3 Å². The van der Waals surface area contributed by atoms with E-state index in [1.165, 1.54) is 0 Å². The van der Waals surface area contributed by atoms with Crippen molar-refractivity contribution in [1.29, 1.82) is 0 Å². The Morgan fingerprint density at radius 1 is 1.13 bits per heavy atom. The van der Waals surface area contributed by atoms with Crippen LogP contribution in [-0.2, 0) is 16.1 Å². The zero-order valence-corrected chi connectivity index (χ0v) is 18.6. The molecule has 1 aliphatic heterocycles. The lowest BCUT2D eigenvalue weighted by Crippen LogP contribution is -2.43. The first-order chi connectivity index (χ1) is 14.3. The van der Waals surface area contributed by atoms with Crippen LogP contribution in [0.3, 0.4) is 0 Å². The van der Waals surface area contributed by atoms with Crippen molar-refractivity contribution in [3.8, 4) is 5.75 Å². The molecule has 0 spiro atoms. The molecule has 2 aromatic carbocycles. The molecule has 0 unspecified atom stereocenters. The maximum absolute atomic E-state index is 11.8. The van der Waals surface area contributed by atoms with Crippen LogP contribution in [0.5, 0.6) is 5.75 Å². The monoisotopic (exact) mass is 431 g/mol. The van der Waals surface area contributed by atoms with Gasteiger partial charge in [-0.2, -0.15) is 0 Å². The van der Waals surface area contributed by atoms with Gasteiger partial charge in [0.15, 0.2) is 6.61 Å². The topological polar surface area (TPSA) is 62.8 Å². The number of nitrogens with one attached hydrogen (secondary N) is 2. The van der Waals surface area contributed by atoms with Crippen LogP contribution in [-0.4, -0.2) is 44.4 Å². The Hall–Kier alpha value is -2.44. The fourth-order valence-corrected chi connectivity index (χ4v) is 3.49. The summed E-state index contributed by atoms with van der Waals surface area (Å²) in [6.45, 7) is 9.68. The number of anilines is 2. The maximum Gasteiger partial charge on any atom is 0.258 e. The number of benzene rings is 2. The molecule has 1 amide bonds. The second-order valence-electron chi connectivity index (χ2n) is 8.35. The molecule has 3 rings (SSSR count). The second kappa shape index (κ2) is 10.0. The van der Waals surface area contributed by atoms with E-state index in [0.717, 1.165) is 48.3 Å². The molecule has 1 fully saturated rings. The summed E-state index contributed by atoms with van der Waals surface area (Å²) in [5.74, 6) is 0.534. The molecular weight excluding hydrogens is 402 g/mol. The molecule has 7 heteroatoms. The molecule has 30 heavy (non-hydrogen) atoms. The molecule has 0 radical (unpaired) electrons. The number of hydrogen-bond donors (Lipinski definition) is 2. The Balaban J connectivity index is 1.49. The summed E-state index contributed by atoms with van der Waals surface area (Å²) in [6.07, 6.45) is 0. The van der Waals surface area contributed by atoms with E-state index in [1.807, 2.05) is 57.2 Å². The third-order valence-electron chi connectivity index (χ3n) is 4.60. The first-order valence-electron chi connectivity index (χ1n) is 10.2. The lowest BCUT2D eigenvalue weighted by atomic mass is 10.1. The largest absolute Gasteiger partial charge is 0.484 e. The number of amides is 1. The molecule has 1 saturated heterocycles. The molecule has 162 valence electrons. The van der Waals surface area contributed by atoms with Crippen molar-refractivity contribution in [2.75, 3.05) is 43.1 Å². The molecule has 0 bridgehead atoms. The van der Waals surface area contributed by atoms with Crippen molar-refractivity contribution in [2.45, 2.75) is 32.9 Å². The van der Waals surface area contributed by atoms with E-state index in [0.29, 0.717) is 12.3 Å². The highest BCUT2D eigenvalue weighted by molar-refractivity contribution is 6.33. The minimum atomic E-state index is -0.265. The number of rotatable bonds is 7. The van der Waals surface area contributed by atoms with Gasteiger partial charge in [0.1, 0.15) is 5.75 Å². The van der Waals surface area contributed by atoms with Crippen molar-refractivity contribution < 1.29 is 14.3 Å². The highest BCUT2D eigenvalue weighted by Gasteiger charge is 2.15. The molecule has 0 aliphatic carbocycles. The lowest BCUT2D eigenvalue weighted by Gasteiger charge is -2.29. The van der Waals surface area contributed by atoms with Crippen LogP contribution < -0.4 is 20.3 Å². The minimum Gasteiger partial charge on any atom is -0.484 e. The molecule has 6 nitrogen and oxygen atoms in total. The summed E-state index contributed by atoms with van der Waals surface area (Å²) in [4.78, 5) is 14.1. The summed E-state index contributed by atoms with van der Waals surface area (Å²) in [6, 6.07) is 13.8. The fraction of sp³-hybridized carbons (Fsp3) is 0.435. The second-order valence-corrected chi connectivity index (χ2v) is 8.76. The summed E-state index contributed by atoms with van der Waals surface area (Å²) in [7, 11) is 0. The Kier molecular flexibility index (Phi) is 7.45. The van der Waals surface area contributed by atoms with Crippen LogP contribution in [0.4, 0.5) is 11.4 Å². The van der Waals surface area contributed by atoms with Crippen molar-refractivity contribution in [1.82, 2.24) is 5.32 Å². The van der Waals surface area contributed by atoms with E-state index in [1.54, 1.807) is 0 Å². The van der Waals surface area contributed by atoms with Gasteiger partial charge in [0.2, 0.25) is 0 Å². The lowest BCUT2D eigenvalue weighted by molar-refractivity contribution is -0.124. The van der Waals surface area contributed by atoms with Gasteiger partial charge < -0.3 is 25.0 Å². The predicted molar refractivity (Wildman–Crippen MR) is 122 cm³/mol. The summed E-state index contributed by atoms with van der Waals surface area (Å²) >= 11 is 6.49. The highest BCUT2D eigenvalue weighted by atomic mass is 35.5. The van der Waals surface area contributed by atoms with E-state index >= 15 is 0 Å². The fourth-order valence-electron chi connectivity index (χ4n) is 3.19. The minimum absolute atomic E-state index is 0.00283. The zero-order chi connectivity index (χ0) is 21.6. The van der Waals surface area contributed by atoms with E-state index in [-0.39, 0.29) is 18.1 Å². The van der Waals surface area contributed by atoms with Gasteiger partial charge in [-0.3, -0.25) is 4.79 Å².